The van der Waals surface area contributed by atoms with Crippen LogP contribution in [0.5, 0.6) is 0 Å². The minimum Gasteiger partial charge on any atom is -0.323 e. The van der Waals surface area contributed by atoms with Gasteiger partial charge in [-0.15, -0.1) is 11.3 Å². The number of fused-ring (bicyclic) bond motifs is 1. The average molecular weight is 269 g/mol. The monoisotopic (exact) mass is 269 g/mol. The molecule has 1 aromatic carbocycles. The SMILES string of the molecule is Cc1ncsc1C(N)Cc1ccc2ccccc2n1. The van der Waals surface area contributed by atoms with E-state index >= 15 is 0 Å². The van der Waals surface area contributed by atoms with Gasteiger partial charge >= 0.3 is 0 Å². The standard InChI is InChI=1S/C15H15N3S/c1-10-15(19-9-17-10)13(16)8-12-7-6-11-4-2-3-5-14(11)18-12/h2-7,9,13H,8,16H2,1H3. The predicted octanol–water partition coefficient (Wildman–Crippen LogP) is 3.24. The molecule has 96 valence electrons. The van der Waals surface area contributed by atoms with Crippen LogP contribution >= 0.6 is 11.3 Å². The molecule has 2 heterocycles. The second kappa shape index (κ2) is 5.07. The molecule has 1 atom stereocenters. The minimum atomic E-state index is -0.0267. The van der Waals surface area contributed by atoms with Crippen LogP contribution < -0.4 is 5.73 Å². The van der Waals surface area contributed by atoms with Gasteiger partial charge in [-0.2, -0.15) is 0 Å². The molecule has 0 saturated carbocycles. The molecule has 1 unspecified atom stereocenters. The van der Waals surface area contributed by atoms with E-state index in [-0.39, 0.29) is 6.04 Å². The molecular formula is C15H15N3S. The molecule has 3 aromatic rings. The number of hydrogen-bond donors (Lipinski definition) is 1. The first-order chi connectivity index (χ1) is 9.24. The van der Waals surface area contributed by atoms with Crippen molar-refractivity contribution in [1.29, 1.82) is 0 Å². The topological polar surface area (TPSA) is 51.8 Å². The number of aryl methyl sites for hydroxylation is 1. The molecule has 2 aromatic heterocycles. The van der Waals surface area contributed by atoms with Crippen LogP contribution in [0.2, 0.25) is 0 Å². The van der Waals surface area contributed by atoms with Crippen LogP contribution in [-0.2, 0) is 6.42 Å². The zero-order valence-electron chi connectivity index (χ0n) is 10.7. The highest BCUT2D eigenvalue weighted by molar-refractivity contribution is 7.09. The summed E-state index contributed by atoms with van der Waals surface area (Å²) in [5.74, 6) is 0. The van der Waals surface area contributed by atoms with E-state index in [1.54, 1.807) is 11.3 Å². The molecule has 4 heteroatoms. The van der Waals surface area contributed by atoms with E-state index in [0.29, 0.717) is 0 Å². The highest BCUT2D eigenvalue weighted by Crippen LogP contribution is 2.23. The lowest BCUT2D eigenvalue weighted by molar-refractivity contribution is 0.715. The van der Waals surface area contributed by atoms with Crippen LogP contribution in [0.15, 0.2) is 41.9 Å². The Bertz CT molecular complexity index is 705. The van der Waals surface area contributed by atoms with E-state index in [0.717, 1.165) is 33.6 Å². The van der Waals surface area contributed by atoms with E-state index in [9.17, 15) is 0 Å². The van der Waals surface area contributed by atoms with Gasteiger partial charge in [-0.3, -0.25) is 4.98 Å². The van der Waals surface area contributed by atoms with Crippen molar-refractivity contribution in [2.45, 2.75) is 19.4 Å². The third-order valence-electron chi connectivity index (χ3n) is 3.20. The molecule has 0 aliphatic rings. The molecule has 0 spiro atoms. The number of rotatable bonds is 3. The second-order valence-electron chi connectivity index (χ2n) is 4.61. The number of thiazole rings is 1. The number of aromatic nitrogens is 2. The maximum absolute atomic E-state index is 6.25. The maximum atomic E-state index is 6.25. The van der Waals surface area contributed by atoms with E-state index < -0.39 is 0 Å². The highest BCUT2D eigenvalue weighted by Gasteiger charge is 2.13. The van der Waals surface area contributed by atoms with Crippen LogP contribution in [-0.4, -0.2) is 9.97 Å². The van der Waals surface area contributed by atoms with Crippen molar-refractivity contribution in [3.05, 3.63) is 58.2 Å². The molecule has 0 aliphatic heterocycles. The van der Waals surface area contributed by atoms with Gasteiger partial charge in [0.15, 0.2) is 0 Å². The van der Waals surface area contributed by atoms with Crippen molar-refractivity contribution < 1.29 is 0 Å². The van der Waals surface area contributed by atoms with Crippen molar-refractivity contribution in [3.63, 3.8) is 0 Å². The van der Waals surface area contributed by atoms with E-state index in [2.05, 4.69) is 28.2 Å². The minimum absolute atomic E-state index is 0.0267. The fourth-order valence-corrected chi connectivity index (χ4v) is 3.01. The smallest absolute Gasteiger partial charge is 0.0798 e. The van der Waals surface area contributed by atoms with Gasteiger partial charge in [0.05, 0.1) is 16.7 Å². The summed E-state index contributed by atoms with van der Waals surface area (Å²) in [4.78, 5) is 10.1. The van der Waals surface area contributed by atoms with Gasteiger partial charge in [-0.1, -0.05) is 24.3 Å². The number of para-hydroxylation sites is 1. The van der Waals surface area contributed by atoms with Gasteiger partial charge in [-0.25, -0.2) is 4.98 Å². The fourth-order valence-electron chi connectivity index (χ4n) is 2.21. The fraction of sp³-hybridized carbons (Fsp3) is 0.200. The summed E-state index contributed by atoms with van der Waals surface area (Å²) in [6, 6.07) is 12.3. The van der Waals surface area contributed by atoms with E-state index in [1.807, 2.05) is 30.6 Å². The Kier molecular flexibility index (Phi) is 3.27. The molecule has 3 rings (SSSR count). The second-order valence-corrected chi connectivity index (χ2v) is 5.49. The third-order valence-corrected chi connectivity index (χ3v) is 4.27. The summed E-state index contributed by atoms with van der Waals surface area (Å²) in [5, 5.41) is 1.16. The van der Waals surface area contributed by atoms with Crippen LogP contribution in [0.3, 0.4) is 0 Å². The Labute approximate surface area is 116 Å². The van der Waals surface area contributed by atoms with Gasteiger partial charge in [0, 0.05) is 28.4 Å². The first kappa shape index (κ1) is 12.3. The van der Waals surface area contributed by atoms with Gasteiger partial charge in [0.1, 0.15) is 0 Å². The van der Waals surface area contributed by atoms with Crippen LogP contribution in [0.4, 0.5) is 0 Å². The summed E-state index contributed by atoms with van der Waals surface area (Å²) < 4.78 is 0. The summed E-state index contributed by atoms with van der Waals surface area (Å²) >= 11 is 1.62. The zero-order chi connectivity index (χ0) is 13.2. The average Bonchev–Trinajstić information content (AvgIpc) is 2.85. The van der Waals surface area contributed by atoms with Crippen molar-refractivity contribution >= 4 is 22.2 Å². The Hall–Kier alpha value is -1.78. The molecule has 0 fully saturated rings. The third kappa shape index (κ3) is 2.50. The van der Waals surface area contributed by atoms with Gasteiger partial charge in [0.25, 0.3) is 0 Å². The highest BCUT2D eigenvalue weighted by atomic mass is 32.1. The molecule has 19 heavy (non-hydrogen) atoms. The number of benzene rings is 1. The van der Waals surface area contributed by atoms with Gasteiger partial charge in [0.2, 0.25) is 0 Å². The van der Waals surface area contributed by atoms with Gasteiger partial charge < -0.3 is 5.73 Å². The Morgan fingerprint density at radius 2 is 2.05 bits per heavy atom. The molecule has 0 amide bonds. The molecule has 3 nitrogen and oxygen atoms in total. The lowest BCUT2D eigenvalue weighted by Gasteiger charge is -2.10. The molecule has 0 radical (unpaired) electrons. The zero-order valence-corrected chi connectivity index (χ0v) is 11.5. The predicted molar refractivity (Wildman–Crippen MR) is 79.2 cm³/mol. The van der Waals surface area contributed by atoms with Crippen molar-refractivity contribution in [2.75, 3.05) is 0 Å². The summed E-state index contributed by atoms with van der Waals surface area (Å²) in [7, 11) is 0. The normalized spacial score (nSPS) is 12.7. The van der Waals surface area contributed by atoms with Crippen LogP contribution in [0.25, 0.3) is 10.9 Å². The lowest BCUT2D eigenvalue weighted by Crippen LogP contribution is -2.13. The Balaban J connectivity index is 1.87. The summed E-state index contributed by atoms with van der Waals surface area (Å²) in [5.41, 5.74) is 11.2. The maximum Gasteiger partial charge on any atom is 0.0798 e. The first-order valence-corrected chi connectivity index (χ1v) is 7.12. The van der Waals surface area contributed by atoms with E-state index in [4.69, 9.17) is 5.73 Å². The van der Waals surface area contributed by atoms with Crippen molar-refractivity contribution in [1.82, 2.24) is 9.97 Å². The largest absolute Gasteiger partial charge is 0.323 e. The number of hydrogen-bond acceptors (Lipinski definition) is 4. The Morgan fingerprint density at radius 1 is 1.21 bits per heavy atom. The molecule has 0 saturated heterocycles. The molecule has 0 aliphatic carbocycles. The summed E-state index contributed by atoms with van der Waals surface area (Å²) in [6.07, 6.45) is 0.744. The van der Waals surface area contributed by atoms with Crippen molar-refractivity contribution in [2.24, 2.45) is 5.73 Å². The number of nitrogens with zero attached hydrogens (tertiary/aromatic N) is 2. The van der Waals surface area contributed by atoms with E-state index in [1.165, 1.54) is 0 Å². The lowest BCUT2D eigenvalue weighted by atomic mass is 10.1. The van der Waals surface area contributed by atoms with Crippen molar-refractivity contribution in [3.8, 4) is 0 Å². The quantitative estimate of drug-likeness (QED) is 0.794. The number of pyridine rings is 1. The molecule has 0 bridgehead atoms. The van der Waals surface area contributed by atoms with Gasteiger partial charge in [-0.05, 0) is 19.1 Å². The first-order valence-electron chi connectivity index (χ1n) is 6.24. The van der Waals surface area contributed by atoms with Crippen LogP contribution in [0.1, 0.15) is 22.3 Å². The number of nitrogens with two attached hydrogens (primary N) is 1. The Morgan fingerprint density at radius 3 is 2.84 bits per heavy atom. The summed E-state index contributed by atoms with van der Waals surface area (Å²) in [6.45, 7) is 2.00. The van der Waals surface area contributed by atoms with Crippen LogP contribution in [0, 0.1) is 6.92 Å². The molecular weight excluding hydrogens is 254 g/mol. The molecule has 2 N–H and O–H groups in total.